The van der Waals surface area contributed by atoms with Crippen molar-refractivity contribution in [2.24, 2.45) is 0 Å². The third-order valence-corrected chi connectivity index (χ3v) is 7.30. The van der Waals surface area contributed by atoms with Crippen LogP contribution in [0.2, 0.25) is 5.02 Å². The fourth-order valence-electron chi connectivity index (χ4n) is 5.43. The fourth-order valence-corrected chi connectivity index (χ4v) is 5.61. The van der Waals surface area contributed by atoms with Crippen LogP contribution in [0.1, 0.15) is 48.5 Å². The summed E-state index contributed by atoms with van der Waals surface area (Å²) in [6.45, 7) is 0.384. The van der Waals surface area contributed by atoms with E-state index >= 15 is 0 Å². The summed E-state index contributed by atoms with van der Waals surface area (Å²) in [6, 6.07) is 5.12. The Morgan fingerprint density at radius 3 is 2.65 bits per heavy atom. The quantitative estimate of drug-likeness (QED) is 0.659. The predicted octanol–water partition coefficient (Wildman–Crippen LogP) is 4.54. The fraction of sp³-hybridized carbons (Fsp3) is 0.522. The largest absolute Gasteiger partial charge is 0.465 e. The van der Waals surface area contributed by atoms with Crippen LogP contribution in [0.15, 0.2) is 18.2 Å². The first-order chi connectivity index (χ1) is 16.1. The van der Waals surface area contributed by atoms with Gasteiger partial charge in [-0.1, -0.05) is 11.6 Å². The van der Waals surface area contributed by atoms with Crippen LogP contribution in [0.4, 0.5) is 23.7 Å². The van der Waals surface area contributed by atoms with Gasteiger partial charge >= 0.3 is 12.3 Å². The standard InChI is InChI=1S/C23H24ClF3N4O3/c24-14-6-7-17-15(10-14)22(12-29(13-22)21(33)34)20(32)31(17)11-19-28-16-4-1-2-5-18(16)30(19)9-3-8-23(25,26)27/h6-7,10H,1-5,8-9,11-13H2,(H,33,34). The first kappa shape index (κ1) is 23.0. The Kier molecular flexibility index (Phi) is 5.54. The molecule has 1 fully saturated rings. The lowest BCUT2D eigenvalue weighted by atomic mass is 9.75. The normalized spacial score (nSPS) is 18.8. The molecule has 3 heterocycles. The molecule has 1 aromatic carbocycles. The SMILES string of the molecule is O=C(O)N1CC2(C1)C(=O)N(Cc1nc3c(n1CCCC(F)(F)F)CCCC3)c1ccc(Cl)cc12. The zero-order valence-electron chi connectivity index (χ0n) is 18.4. The van der Waals surface area contributed by atoms with Gasteiger partial charge in [0.1, 0.15) is 11.2 Å². The van der Waals surface area contributed by atoms with Crippen molar-refractivity contribution in [2.75, 3.05) is 18.0 Å². The van der Waals surface area contributed by atoms with E-state index in [2.05, 4.69) is 0 Å². The molecule has 11 heteroatoms. The highest BCUT2D eigenvalue weighted by molar-refractivity contribution is 6.31. The van der Waals surface area contributed by atoms with Crippen LogP contribution in [-0.4, -0.2) is 50.8 Å². The number of carbonyl (C=O) groups is 2. The van der Waals surface area contributed by atoms with Gasteiger partial charge in [-0.05, 0) is 55.9 Å². The summed E-state index contributed by atoms with van der Waals surface area (Å²) >= 11 is 6.21. The maximum atomic E-state index is 13.6. The summed E-state index contributed by atoms with van der Waals surface area (Å²) in [6.07, 6.45) is -2.79. The Morgan fingerprint density at radius 1 is 1.21 bits per heavy atom. The Morgan fingerprint density at radius 2 is 1.94 bits per heavy atom. The van der Waals surface area contributed by atoms with Gasteiger partial charge in [-0.3, -0.25) is 4.79 Å². The van der Waals surface area contributed by atoms with Gasteiger partial charge in [0.25, 0.3) is 0 Å². The number of alkyl halides is 3. The summed E-state index contributed by atoms with van der Waals surface area (Å²) in [5.74, 6) is 0.333. The van der Waals surface area contributed by atoms with Crippen molar-refractivity contribution in [2.45, 2.75) is 63.2 Å². The number of carbonyl (C=O) groups excluding carboxylic acids is 1. The van der Waals surface area contributed by atoms with Crippen LogP contribution in [0, 0.1) is 0 Å². The average Bonchev–Trinajstić information content (AvgIpc) is 3.19. The number of carboxylic acid groups (broad SMARTS) is 1. The first-order valence-electron chi connectivity index (χ1n) is 11.3. The molecule has 5 rings (SSSR count). The minimum atomic E-state index is -4.23. The Bertz CT molecular complexity index is 1160. The minimum absolute atomic E-state index is 0.0432. The molecule has 7 nitrogen and oxygen atoms in total. The van der Waals surface area contributed by atoms with Crippen molar-refractivity contribution in [1.82, 2.24) is 14.5 Å². The highest BCUT2D eigenvalue weighted by Crippen LogP contribution is 2.48. The third kappa shape index (κ3) is 3.81. The molecule has 2 aliphatic heterocycles. The van der Waals surface area contributed by atoms with E-state index in [1.54, 1.807) is 23.1 Å². The summed E-state index contributed by atoms with van der Waals surface area (Å²) in [4.78, 5) is 32.5. The molecule has 0 bridgehead atoms. The van der Waals surface area contributed by atoms with Gasteiger partial charge < -0.3 is 19.5 Å². The predicted molar refractivity (Wildman–Crippen MR) is 118 cm³/mol. The van der Waals surface area contributed by atoms with Gasteiger partial charge in [-0.2, -0.15) is 13.2 Å². The van der Waals surface area contributed by atoms with Gasteiger partial charge in [0.15, 0.2) is 0 Å². The number of amides is 2. The molecule has 182 valence electrons. The molecule has 1 spiro atoms. The van der Waals surface area contributed by atoms with E-state index < -0.39 is 24.1 Å². The van der Waals surface area contributed by atoms with E-state index in [1.165, 1.54) is 4.90 Å². The van der Waals surface area contributed by atoms with Crippen molar-refractivity contribution in [1.29, 1.82) is 0 Å². The molecule has 0 radical (unpaired) electrons. The zero-order chi connectivity index (χ0) is 24.3. The summed E-state index contributed by atoms with van der Waals surface area (Å²) < 4.78 is 40.2. The third-order valence-electron chi connectivity index (χ3n) is 7.06. The monoisotopic (exact) mass is 496 g/mol. The van der Waals surface area contributed by atoms with Crippen LogP contribution in [0.5, 0.6) is 0 Å². The molecule has 1 N–H and O–H groups in total. The number of anilines is 1. The number of fused-ring (bicyclic) bond motifs is 3. The van der Waals surface area contributed by atoms with Crippen molar-refractivity contribution in [3.05, 3.63) is 46.0 Å². The van der Waals surface area contributed by atoms with Gasteiger partial charge in [0, 0.05) is 42.5 Å². The number of benzene rings is 1. The number of hydrogen-bond acceptors (Lipinski definition) is 3. The molecular weight excluding hydrogens is 473 g/mol. The van der Waals surface area contributed by atoms with Gasteiger partial charge in [-0.15, -0.1) is 0 Å². The smallest absolute Gasteiger partial charge is 0.407 e. The van der Waals surface area contributed by atoms with Gasteiger partial charge in [-0.25, -0.2) is 9.78 Å². The van der Waals surface area contributed by atoms with Crippen LogP contribution in [0.3, 0.4) is 0 Å². The summed E-state index contributed by atoms with van der Waals surface area (Å²) in [5, 5.41) is 9.77. The van der Waals surface area contributed by atoms with Crippen LogP contribution in [-0.2, 0) is 36.1 Å². The average molecular weight is 497 g/mol. The number of nitrogens with zero attached hydrogens (tertiary/aromatic N) is 4. The topological polar surface area (TPSA) is 78.7 Å². The van der Waals surface area contributed by atoms with Crippen molar-refractivity contribution in [3.63, 3.8) is 0 Å². The van der Waals surface area contributed by atoms with Crippen molar-refractivity contribution < 1.29 is 27.9 Å². The van der Waals surface area contributed by atoms with Crippen LogP contribution >= 0.6 is 11.6 Å². The number of halogens is 4. The van der Waals surface area contributed by atoms with Crippen molar-refractivity contribution in [3.8, 4) is 0 Å². The van der Waals surface area contributed by atoms with Crippen molar-refractivity contribution >= 4 is 29.3 Å². The molecule has 0 atom stereocenters. The van der Waals surface area contributed by atoms with E-state index in [9.17, 15) is 27.9 Å². The minimum Gasteiger partial charge on any atom is -0.465 e. The molecule has 1 saturated heterocycles. The molecule has 2 amide bonds. The van der Waals surface area contributed by atoms with E-state index in [4.69, 9.17) is 16.6 Å². The van der Waals surface area contributed by atoms with Gasteiger partial charge in [0.05, 0.1) is 12.2 Å². The molecule has 3 aliphatic rings. The summed E-state index contributed by atoms with van der Waals surface area (Å²) in [5.41, 5.74) is 2.18. The molecule has 0 saturated carbocycles. The second-order valence-electron chi connectivity index (χ2n) is 9.27. The second kappa shape index (κ2) is 8.18. The van der Waals surface area contributed by atoms with E-state index in [0.717, 1.165) is 37.1 Å². The van der Waals surface area contributed by atoms with Crippen LogP contribution in [0.25, 0.3) is 0 Å². The zero-order valence-corrected chi connectivity index (χ0v) is 19.1. The molecule has 1 aromatic heterocycles. The first-order valence-corrected chi connectivity index (χ1v) is 11.7. The lowest BCUT2D eigenvalue weighted by Gasteiger charge is -2.45. The second-order valence-corrected chi connectivity index (χ2v) is 9.71. The number of aromatic nitrogens is 2. The Hall–Kier alpha value is -2.75. The van der Waals surface area contributed by atoms with Gasteiger partial charge in [0.2, 0.25) is 5.91 Å². The Balaban J connectivity index is 1.47. The lowest BCUT2D eigenvalue weighted by molar-refractivity contribution is -0.136. The number of rotatable bonds is 5. The van der Waals surface area contributed by atoms with E-state index in [1.807, 2.05) is 4.57 Å². The maximum Gasteiger partial charge on any atom is 0.407 e. The van der Waals surface area contributed by atoms with Crippen LogP contribution < -0.4 is 4.90 Å². The molecule has 1 aliphatic carbocycles. The molecule has 2 aromatic rings. The maximum absolute atomic E-state index is 13.6. The number of likely N-dealkylation sites (tertiary alicyclic amines) is 1. The number of aryl methyl sites for hydroxylation is 1. The lowest BCUT2D eigenvalue weighted by Crippen LogP contribution is -2.65. The molecule has 0 unspecified atom stereocenters. The molecule has 34 heavy (non-hydrogen) atoms. The summed E-state index contributed by atoms with van der Waals surface area (Å²) in [7, 11) is 0. The van der Waals surface area contributed by atoms with E-state index in [-0.39, 0.29) is 38.5 Å². The number of imidazole rings is 1. The number of hydrogen-bond donors (Lipinski definition) is 1. The Labute approximate surface area is 199 Å². The highest BCUT2D eigenvalue weighted by Gasteiger charge is 2.59. The highest BCUT2D eigenvalue weighted by atomic mass is 35.5. The molecular formula is C23H24ClF3N4O3. The van der Waals surface area contributed by atoms with E-state index in [0.29, 0.717) is 22.1 Å².